The summed E-state index contributed by atoms with van der Waals surface area (Å²) in [6.07, 6.45) is -75.8. The molecule has 0 aliphatic carbocycles. The van der Waals surface area contributed by atoms with Crippen LogP contribution in [0.1, 0.15) is 6.42 Å². The van der Waals surface area contributed by atoms with Crippen LogP contribution in [0, 0.1) is 0 Å². The predicted octanol–water partition coefficient (Wildman–Crippen LogP) is -16.8. The average Bonchev–Trinajstić information content (AvgIpc) is 0.899. The monoisotopic (exact) mass is 1480 g/mol. The molecule has 48 nitrogen and oxygen atoms in total. The smallest absolute Gasteiger partial charge is 0.470 e. The molecule has 36 atom stereocenters. The van der Waals surface area contributed by atoms with E-state index in [9.17, 15) is 150 Å². The Labute approximate surface area is 538 Å². The number of aliphatic carboxylic acids is 1. The first-order valence-electron chi connectivity index (χ1n) is 28.7. The lowest BCUT2D eigenvalue weighted by Crippen LogP contribution is -2.69. The first-order valence-corrected chi connectivity index (χ1v) is 33.3. The molecule has 7 saturated heterocycles. The predicted molar refractivity (Wildman–Crippen MR) is 286 cm³/mol. The third-order valence-electron chi connectivity index (χ3n) is 16.3. The second-order valence-corrected chi connectivity index (χ2v) is 26.5. The van der Waals surface area contributed by atoms with Crippen molar-refractivity contribution < 1.29 is 225 Å². The summed E-state index contributed by atoms with van der Waals surface area (Å²) in [7, 11) is -17.9. The zero-order valence-electron chi connectivity index (χ0n) is 49.2. The SMILES string of the molecule is N[C@@H]1[C@@H](O)[C@H](O)[C@@H](CO[C@@H]2O[C@H](CO[C@]3(C(=O)O)C[C@@H](OP(=O)(O)O)[C@@H](O[C@H]4O[C@H]([C@H](O)CO)[C@@H](O[C@@H]5O[C@H](CO)[C@@H](O[C@@H]6O[C@H](CO)[C@H](O)[C@H](O[C@@H]7O[C@@H]([C@H](O)CO)[C@H](O)[C@H]7O)[C@H]6O)[C@H](O)[C@H]5O)[C@H](OP(=O)(O)O)[C@@H]4O)[C@@H]([C@H](O)CO)O3)[C@@H](OP(=O)(O)O)[C@H](O)[C@H]2N)O[C@@H]1O. The van der Waals surface area contributed by atoms with Crippen molar-refractivity contribution in [3.8, 4) is 0 Å². The van der Waals surface area contributed by atoms with Crippen molar-refractivity contribution in [2.24, 2.45) is 11.5 Å². The molecular weight excluding hydrogens is 1400 g/mol. The fourth-order valence-electron chi connectivity index (χ4n) is 11.4. The van der Waals surface area contributed by atoms with Gasteiger partial charge in [-0.1, -0.05) is 0 Å². The maximum atomic E-state index is 13.4. The number of ether oxygens (including phenoxy) is 13. The highest BCUT2D eigenvalue weighted by molar-refractivity contribution is 7.46. The van der Waals surface area contributed by atoms with Gasteiger partial charge in [0.05, 0.1) is 58.3 Å². The molecule has 7 heterocycles. The van der Waals surface area contributed by atoms with E-state index in [1.54, 1.807) is 0 Å². The van der Waals surface area contributed by atoms with E-state index in [2.05, 4.69) is 4.52 Å². The summed E-state index contributed by atoms with van der Waals surface area (Å²) in [4.78, 5) is 73.7. The van der Waals surface area contributed by atoms with E-state index in [1.165, 1.54) is 0 Å². The van der Waals surface area contributed by atoms with E-state index in [4.69, 9.17) is 82.1 Å². The summed E-state index contributed by atoms with van der Waals surface area (Å²) < 4.78 is 124. The molecular formula is C45H81N2O46P3. The van der Waals surface area contributed by atoms with Crippen LogP contribution in [0.5, 0.6) is 0 Å². The van der Waals surface area contributed by atoms with Gasteiger partial charge in [-0.2, -0.15) is 0 Å². The van der Waals surface area contributed by atoms with Gasteiger partial charge in [-0.25, -0.2) is 18.5 Å². The minimum Gasteiger partial charge on any atom is -0.477 e. The highest BCUT2D eigenvalue weighted by Crippen LogP contribution is 2.49. The number of aliphatic hydroxyl groups excluding tert-OH is 19. The summed E-state index contributed by atoms with van der Waals surface area (Å²) in [5.74, 6) is -5.90. The van der Waals surface area contributed by atoms with Gasteiger partial charge in [0.15, 0.2) is 37.7 Å². The van der Waals surface area contributed by atoms with Gasteiger partial charge in [0, 0.05) is 6.42 Å². The number of carbonyl (C=O) groups is 1. The molecule has 7 fully saturated rings. The minimum absolute atomic E-state index is 0.880. The van der Waals surface area contributed by atoms with Crippen molar-refractivity contribution >= 4 is 29.4 Å². The Hall–Kier alpha value is -1.56. The molecule has 0 spiro atoms. The van der Waals surface area contributed by atoms with Crippen LogP contribution in [0.2, 0.25) is 0 Å². The summed E-state index contributed by atoms with van der Waals surface area (Å²) in [5.41, 5.74) is 11.6. The fourth-order valence-corrected chi connectivity index (χ4v) is 13.1. The molecule has 0 bridgehead atoms. The molecule has 0 unspecified atom stereocenters. The summed E-state index contributed by atoms with van der Waals surface area (Å²) in [5, 5.41) is 214. The molecule has 0 aromatic carbocycles. The molecule has 7 aliphatic rings. The Morgan fingerprint density at radius 3 is 1.48 bits per heavy atom. The molecule has 30 N–H and O–H groups in total. The molecule has 0 saturated carbocycles. The van der Waals surface area contributed by atoms with Crippen molar-refractivity contribution in [1.82, 2.24) is 0 Å². The largest absolute Gasteiger partial charge is 0.477 e. The van der Waals surface area contributed by atoms with Crippen LogP contribution in [-0.4, -0.2) is 404 Å². The van der Waals surface area contributed by atoms with Crippen molar-refractivity contribution in [1.29, 1.82) is 0 Å². The first kappa shape index (κ1) is 81.7. The van der Waals surface area contributed by atoms with E-state index in [1.807, 2.05) is 0 Å². The molecule has 96 heavy (non-hydrogen) atoms. The van der Waals surface area contributed by atoms with Gasteiger partial charge in [0.2, 0.25) is 0 Å². The van der Waals surface area contributed by atoms with Crippen LogP contribution in [-0.2, 0) is 93.6 Å². The van der Waals surface area contributed by atoms with E-state index in [-0.39, 0.29) is 0 Å². The third-order valence-corrected chi connectivity index (χ3v) is 17.9. The second-order valence-electron chi connectivity index (χ2n) is 23.0. The van der Waals surface area contributed by atoms with Gasteiger partial charge in [-0.3, -0.25) is 13.6 Å². The Balaban J connectivity index is 1.13. The van der Waals surface area contributed by atoms with Crippen molar-refractivity contribution in [2.75, 3.05) is 46.2 Å². The van der Waals surface area contributed by atoms with Crippen LogP contribution in [0.15, 0.2) is 0 Å². The lowest BCUT2D eigenvalue weighted by atomic mass is 9.91. The Morgan fingerprint density at radius 2 is 0.906 bits per heavy atom. The van der Waals surface area contributed by atoms with Crippen LogP contribution in [0.3, 0.4) is 0 Å². The molecule has 0 amide bonds. The third kappa shape index (κ3) is 18.9. The van der Waals surface area contributed by atoms with Crippen molar-refractivity contribution in [2.45, 2.75) is 227 Å². The maximum absolute atomic E-state index is 13.4. The van der Waals surface area contributed by atoms with E-state index >= 15 is 0 Å². The number of aliphatic hydroxyl groups is 19. The number of rotatable bonds is 29. The quantitative estimate of drug-likeness (QED) is 0.0309. The number of hydrogen-bond acceptors (Lipinski definition) is 41. The van der Waals surface area contributed by atoms with Crippen LogP contribution in [0.25, 0.3) is 0 Å². The number of phosphoric acid groups is 3. The standard InChI is InChI=1S/C45H81N2O46P3/c46-17-21(58)19(56)15(80-38(17)66)7-78-39-18(47)22(59)33(92-95(72,73)74)16(83-39)8-79-45(44(67)68)1-12(91-94(69,70)71)34(31(90-45)11(55)4-50)87-43-28(65)36(93-96(75,76)77)37(30(85-43)10(54)3-49)89-40-26(63)24(61)32(14(6-52)82-40)86-42-27(64)35(20(57)13(5-51)81-42)88-41-25(62)23(60)29(84-41)9(53)2-48/h9-43,48-66H,1-8,46-47H2,(H,67,68)(H2,69,70,71)(H2,72,73,74)(H2,75,76,77)/t9-,10-,11-,12-,13-,14-,15-,16-,17-,18-,19-,20+,21-,22-,23-,24-,25-,26-,27-,28+,29+,30-,31-,32-,33-,34-,35+,36-,37-,38+,39-,40+,41+,42+,43-,45-/m1/s1. The number of carboxylic acids is 1. The molecule has 0 aromatic heterocycles. The Bertz CT molecular complexity index is 2620. The van der Waals surface area contributed by atoms with Gasteiger partial charge in [-0.15, -0.1) is 0 Å². The molecule has 0 aromatic rings. The van der Waals surface area contributed by atoms with Gasteiger partial charge >= 0.3 is 29.4 Å². The zero-order valence-corrected chi connectivity index (χ0v) is 51.8. The van der Waals surface area contributed by atoms with Gasteiger partial charge in [0.25, 0.3) is 5.79 Å². The van der Waals surface area contributed by atoms with E-state index < -0.39 is 303 Å². The number of nitrogens with two attached hydrogens (primary N) is 2. The topological polar surface area (TPSA) is 794 Å². The highest BCUT2D eigenvalue weighted by atomic mass is 31.2. The van der Waals surface area contributed by atoms with Gasteiger partial charge in [-0.05, 0) is 0 Å². The highest BCUT2D eigenvalue weighted by Gasteiger charge is 2.63. The summed E-state index contributed by atoms with van der Waals surface area (Å²) >= 11 is 0. The van der Waals surface area contributed by atoms with E-state index in [0.717, 1.165) is 0 Å². The van der Waals surface area contributed by atoms with Gasteiger partial charge in [0.1, 0.15) is 165 Å². The first-order chi connectivity index (χ1) is 44.6. The summed E-state index contributed by atoms with van der Waals surface area (Å²) in [6.45, 7) is -8.72. The normalized spacial score (nSPS) is 46.3. The Morgan fingerprint density at radius 1 is 0.438 bits per heavy atom. The molecule has 562 valence electrons. The molecule has 51 heteroatoms. The van der Waals surface area contributed by atoms with Crippen molar-refractivity contribution in [3.63, 3.8) is 0 Å². The number of carboxylic acid groups (broad SMARTS) is 1. The van der Waals surface area contributed by atoms with Crippen LogP contribution >= 0.6 is 23.5 Å². The van der Waals surface area contributed by atoms with Crippen LogP contribution in [0.4, 0.5) is 0 Å². The lowest BCUT2D eigenvalue weighted by molar-refractivity contribution is -0.394. The zero-order chi connectivity index (χ0) is 71.8. The molecule has 7 aliphatic heterocycles. The summed E-state index contributed by atoms with van der Waals surface area (Å²) in [6, 6.07) is -3.42. The van der Waals surface area contributed by atoms with Crippen LogP contribution < -0.4 is 11.5 Å². The fraction of sp³-hybridized carbons (Fsp3) is 0.978. The average molecular weight is 1480 g/mol. The molecule has 0 radical (unpaired) electrons. The minimum atomic E-state index is -6.07. The van der Waals surface area contributed by atoms with E-state index in [0.29, 0.717) is 0 Å². The maximum Gasteiger partial charge on any atom is 0.470 e. The number of phosphoric ester groups is 3. The van der Waals surface area contributed by atoms with Gasteiger partial charge < -0.3 is 205 Å². The van der Waals surface area contributed by atoms with Crippen molar-refractivity contribution in [3.05, 3.63) is 0 Å². The second kappa shape index (κ2) is 33.5. The molecule has 7 rings (SSSR count). The lowest BCUT2D eigenvalue weighted by Gasteiger charge is -2.51. The Kier molecular flexibility index (Phi) is 28.5. The number of hydrogen-bond donors (Lipinski definition) is 28.